The van der Waals surface area contributed by atoms with Crippen LogP contribution in [0.5, 0.6) is 5.75 Å². The van der Waals surface area contributed by atoms with Crippen LogP contribution in [0.4, 0.5) is 5.69 Å². The van der Waals surface area contributed by atoms with Gasteiger partial charge in [0.2, 0.25) is 0 Å². The average molecular weight is 276 g/mol. The van der Waals surface area contributed by atoms with Crippen molar-refractivity contribution in [1.82, 2.24) is 5.32 Å². The van der Waals surface area contributed by atoms with E-state index in [2.05, 4.69) is 12.2 Å². The molecule has 1 aliphatic carbocycles. The van der Waals surface area contributed by atoms with Crippen molar-refractivity contribution in [3.63, 3.8) is 0 Å². The van der Waals surface area contributed by atoms with E-state index in [1.165, 1.54) is 25.7 Å². The molecule has 4 nitrogen and oxygen atoms in total. The summed E-state index contributed by atoms with van der Waals surface area (Å²) >= 11 is 0. The normalized spacial score (nSPS) is 22.4. The van der Waals surface area contributed by atoms with E-state index in [1.54, 1.807) is 18.2 Å². The molecule has 1 aromatic carbocycles. The highest BCUT2D eigenvalue weighted by Gasteiger charge is 2.19. The molecule has 20 heavy (non-hydrogen) atoms. The van der Waals surface area contributed by atoms with Gasteiger partial charge in [-0.25, -0.2) is 0 Å². The zero-order valence-corrected chi connectivity index (χ0v) is 12.1. The molecule has 0 saturated heterocycles. The van der Waals surface area contributed by atoms with Gasteiger partial charge in [-0.3, -0.25) is 4.79 Å². The molecule has 1 aromatic rings. The first-order chi connectivity index (χ1) is 9.58. The molecule has 2 atom stereocenters. The summed E-state index contributed by atoms with van der Waals surface area (Å²) in [6.45, 7) is 2.96. The first-order valence-electron chi connectivity index (χ1n) is 7.43. The number of carbonyl (C=O) groups is 1. The highest BCUT2D eigenvalue weighted by atomic mass is 16.3. The molecule has 2 unspecified atom stereocenters. The van der Waals surface area contributed by atoms with E-state index in [4.69, 9.17) is 5.73 Å². The molecule has 1 fully saturated rings. The van der Waals surface area contributed by atoms with Gasteiger partial charge in [0.15, 0.2) is 5.75 Å². The van der Waals surface area contributed by atoms with Crippen molar-refractivity contribution in [2.24, 2.45) is 11.8 Å². The fourth-order valence-corrected chi connectivity index (χ4v) is 3.05. The number of nitrogens with two attached hydrogens (primary N) is 1. The SMILES string of the molecule is CC1CCCC(CCNC(=O)c2cccc(N)c2O)C1. The van der Waals surface area contributed by atoms with Gasteiger partial charge in [0, 0.05) is 6.54 Å². The summed E-state index contributed by atoms with van der Waals surface area (Å²) < 4.78 is 0. The van der Waals surface area contributed by atoms with Gasteiger partial charge in [0.25, 0.3) is 5.91 Å². The minimum atomic E-state index is -0.251. The van der Waals surface area contributed by atoms with Gasteiger partial charge < -0.3 is 16.2 Å². The second-order valence-electron chi connectivity index (χ2n) is 5.93. The highest BCUT2D eigenvalue weighted by Crippen LogP contribution is 2.30. The number of benzene rings is 1. The van der Waals surface area contributed by atoms with Crippen molar-refractivity contribution in [3.05, 3.63) is 23.8 Å². The van der Waals surface area contributed by atoms with Crippen molar-refractivity contribution in [2.45, 2.75) is 39.0 Å². The first-order valence-corrected chi connectivity index (χ1v) is 7.43. The number of aromatic hydroxyl groups is 1. The summed E-state index contributed by atoms with van der Waals surface area (Å²) in [5.41, 5.74) is 6.08. The summed E-state index contributed by atoms with van der Waals surface area (Å²) in [6, 6.07) is 4.84. The van der Waals surface area contributed by atoms with Crippen LogP contribution in [0.25, 0.3) is 0 Å². The molecule has 0 radical (unpaired) electrons. The van der Waals surface area contributed by atoms with Gasteiger partial charge in [-0.2, -0.15) is 0 Å². The number of carbonyl (C=O) groups excluding carboxylic acids is 1. The summed E-state index contributed by atoms with van der Waals surface area (Å²) in [5.74, 6) is 1.14. The molecule has 0 aromatic heterocycles. The Kier molecular flexibility index (Phi) is 4.88. The van der Waals surface area contributed by atoms with E-state index in [1.807, 2.05) is 0 Å². The molecule has 0 heterocycles. The Morgan fingerprint density at radius 1 is 1.45 bits per heavy atom. The number of nitrogen functional groups attached to an aromatic ring is 1. The van der Waals surface area contributed by atoms with Crippen LogP contribution in [-0.4, -0.2) is 17.6 Å². The van der Waals surface area contributed by atoms with Crippen LogP contribution in [0.2, 0.25) is 0 Å². The first kappa shape index (κ1) is 14.7. The standard InChI is InChI=1S/C16H24N2O2/c1-11-4-2-5-12(10-11)8-9-18-16(20)13-6-3-7-14(17)15(13)19/h3,6-7,11-12,19H,2,4-5,8-10,17H2,1H3,(H,18,20). The fraction of sp³-hybridized carbons (Fsp3) is 0.562. The van der Waals surface area contributed by atoms with Crippen molar-refractivity contribution in [3.8, 4) is 5.75 Å². The van der Waals surface area contributed by atoms with Crippen LogP contribution in [0.15, 0.2) is 18.2 Å². The van der Waals surface area contributed by atoms with E-state index >= 15 is 0 Å². The summed E-state index contributed by atoms with van der Waals surface area (Å²) in [4.78, 5) is 12.0. The Labute approximate surface area is 120 Å². The van der Waals surface area contributed by atoms with Crippen molar-refractivity contribution in [1.29, 1.82) is 0 Å². The third-order valence-electron chi connectivity index (χ3n) is 4.19. The second-order valence-corrected chi connectivity index (χ2v) is 5.93. The molecule has 1 saturated carbocycles. The third kappa shape index (κ3) is 3.65. The molecule has 1 amide bonds. The Hall–Kier alpha value is -1.71. The number of anilines is 1. The van der Waals surface area contributed by atoms with E-state index in [-0.39, 0.29) is 22.9 Å². The van der Waals surface area contributed by atoms with Crippen LogP contribution in [0, 0.1) is 11.8 Å². The van der Waals surface area contributed by atoms with Gasteiger partial charge in [-0.1, -0.05) is 32.3 Å². The lowest BCUT2D eigenvalue weighted by molar-refractivity contribution is 0.0947. The molecule has 4 N–H and O–H groups in total. The molecular weight excluding hydrogens is 252 g/mol. The Bertz CT molecular complexity index is 474. The van der Waals surface area contributed by atoms with E-state index in [0.29, 0.717) is 12.5 Å². The van der Waals surface area contributed by atoms with Crippen molar-refractivity contribution < 1.29 is 9.90 Å². The van der Waals surface area contributed by atoms with Crippen molar-refractivity contribution >= 4 is 11.6 Å². The van der Waals surface area contributed by atoms with Crippen LogP contribution in [0.1, 0.15) is 49.4 Å². The summed E-state index contributed by atoms with van der Waals surface area (Å²) in [7, 11) is 0. The van der Waals surface area contributed by atoms with Crippen LogP contribution in [-0.2, 0) is 0 Å². The number of hydrogen-bond donors (Lipinski definition) is 3. The van der Waals surface area contributed by atoms with Gasteiger partial charge in [-0.15, -0.1) is 0 Å². The van der Waals surface area contributed by atoms with Crippen LogP contribution >= 0.6 is 0 Å². The van der Waals surface area contributed by atoms with Crippen LogP contribution in [0.3, 0.4) is 0 Å². The smallest absolute Gasteiger partial charge is 0.255 e. The second kappa shape index (κ2) is 6.64. The summed E-state index contributed by atoms with van der Waals surface area (Å²) in [5, 5.41) is 12.6. The zero-order valence-electron chi connectivity index (χ0n) is 12.1. The Morgan fingerprint density at radius 2 is 2.25 bits per heavy atom. The van der Waals surface area contributed by atoms with E-state index in [0.717, 1.165) is 12.3 Å². The predicted molar refractivity (Wildman–Crippen MR) is 80.6 cm³/mol. The number of rotatable bonds is 4. The highest BCUT2D eigenvalue weighted by molar-refractivity contribution is 5.98. The number of hydrogen-bond acceptors (Lipinski definition) is 3. The third-order valence-corrected chi connectivity index (χ3v) is 4.19. The Balaban J connectivity index is 1.82. The van der Waals surface area contributed by atoms with E-state index < -0.39 is 0 Å². The molecule has 110 valence electrons. The minimum Gasteiger partial charge on any atom is -0.505 e. The number of phenols is 1. The molecule has 4 heteroatoms. The molecule has 0 aliphatic heterocycles. The van der Waals surface area contributed by atoms with E-state index in [9.17, 15) is 9.90 Å². The maximum Gasteiger partial charge on any atom is 0.255 e. The lowest BCUT2D eigenvalue weighted by Crippen LogP contribution is -2.27. The Morgan fingerprint density at radius 3 is 3.00 bits per heavy atom. The molecule has 0 bridgehead atoms. The lowest BCUT2D eigenvalue weighted by Gasteiger charge is -2.26. The van der Waals surface area contributed by atoms with Gasteiger partial charge >= 0.3 is 0 Å². The predicted octanol–water partition coefficient (Wildman–Crippen LogP) is 2.92. The lowest BCUT2D eigenvalue weighted by atomic mass is 9.81. The minimum absolute atomic E-state index is 0.128. The number of phenolic OH excluding ortho intramolecular Hbond substituents is 1. The molecule has 1 aliphatic rings. The quantitative estimate of drug-likeness (QED) is 0.584. The molecule has 0 spiro atoms. The monoisotopic (exact) mass is 276 g/mol. The maximum atomic E-state index is 12.0. The molecule has 2 rings (SSSR count). The van der Waals surface area contributed by atoms with Crippen LogP contribution < -0.4 is 11.1 Å². The average Bonchev–Trinajstić information content (AvgIpc) is 2.42. The molecular formula is C16H24N2O2. The van der Waals surface area contributed by atoms with Gasteiger partial charge in [-0.05, 0) is 36.8 Å². The topological polar surface area (TPSA) is 75.4 Å². The van der Waals surface area contributed by atoms with Crippen molar-refractivity contribution in [2.75, 3.05) is 12.3 Å². The number of amides is 1. The maximum absolute atomic E-state index is 12.0. The van der Waals surface area contributed by atoms with Gasteiger partial charge in [0.05, 0.1) is 11.3 Å². The summed E-state index contributed by atoms with van der Waals surface area (Å²) in [6.07, 6.45) is 6.18. The zero-order chi connectivity index (χ0) is 14.5. The number of nitrogens with one attached hydrogen (secondary N) is 1. The fourth-order valence-electron chi connectivity index (χ4n) is 3.05. The number of para-hydroxylation sites is 1. The largest absolute Gasteiger partial charge is 0.505 e. The van der Waals surface area contributed by atoms with Gasteiger partial charge in [0.1, 0.15) is 0 Å².